The molecule has 0 radical (unpaired) electrons. The van der Waals surface area contributed by atoms with Gasteiger partial charge in [-0.25, -0.2) is 9.37 Å². The highest BCUT2D eigenvalue weighted by atomic mass is 19.4. The number of amides is 1. The van der Waals surface area contributed by atoms with Crippen LogP contribution in [-0.2, 0) is 9.53 Å². The molecule has 0 saturated carbocycles. The molecule has 5 rings (SSSR count). The molecule has 2 aliphatic rings. The number of nitrogens with zero attached hydrogens (tertiary/aromatic N) is 2. The summed E-state index contributed by atoms with van der Waals surface area (Å²) >= 11 is 0. The Morgan fingerprint density at radius 3 is 2.34 bits per heavy atom. The second kappa shape index (κ2) is 14.5. The standard InChI is InChI=1S/C14H15F5O2.C11H14N4.C2H6.CH3NO/c1-7-9(6-21-13(7,2)14(17,18)19)8-4-5-10(15)11(16)12(8)20-3;1-7-2-3-9(15-7)11-10-8(4-5-12-11)13-6-14-10;1-2;2-1-3/h4-5,7,9H,6H2,1-3H3;4-7,9,15H,2-3H2,1H3,(H,13,14);1-2H3;1H,(H2,2,3)/t7?,9?,13-;;;/m1.../s1. The van der Waals surface area contributed by atoms with E-state index in [2.05, 4.69) is 32.9 Å². The molecule has 5 atom stereocenters. The van der Waals surface area contributed by atoms with Crippen LogP contribution in [0.1, 0.15) is 70.7 Å². The molecule has 2 saturated heterocycles. The number of hydrogen-bond acceptors (Lipinski definition) is 6. The Balaban J connectivity index is 0.000000256. The molecule has 2 fully saturated rings. The maximum Gasteiger partial charge on any atom is 0.417 e. The first kappa shape index (κ1) is 33.9. The summed E-state index contributed by atoms with van der Waals surface area (Å²) in [6, 6.07) is 5.04. The lowest BCUT2D eigenvalue weighted by molar-refractivity contribution is -0.266. The summed E-state index contributed by atoms with van der Waals surface area (Å²) in [5, 5.41) is 3.54. The minimum Gasteiger partial charge on any atom is -0.493 e. The second-order valence-electron chi connectivity index (χ2n) is 9.62. The molecule has 4 heterocycles. The van der Waals surface area contributed by atoms with Crippen molar-refractivity contribution in [2.45, 2.75) is 77.2 Å². The Hall–Kier alpha value is -3.32. The fourth-order valence-electron chi connectivity index (χ4n) is 4.95. The zero-order valence-corrected chi connectivity index (χ0v) is 24.0. The summed E-state index contributed by atoms with van der Waals surface area (Å²) < 4.78 is 76.0. The molecule has 0 spiro atoms. The van der Waals surface area contributed by atoms with E-state index in [4.69, 9.17) is 14.3 Å². The number of aromatic amines is 1. The van der Waals surface area contributed by atoms with Crippen LogP contribution in [0.15, 0.2) is 30.7 Å². The average Bonchev–Trinajstić information content (AvgIpc) is 3.67. The minimum atomic E-state index is -4.55. The van der Waals surface area contributed by atoms with Crippen LogP contribution in [0.3, 0.4) is 0 Å². The van der Waals surface area contributed by atoms with Crippen molar-refractivity contribution in [3.05, 3.63) is 53.6 Å². The van der Waals surface area contributed by atoms with Gasteiger partial charge in [0.25, 0.3) is 0 Å². The molecule has 2 aromatic heterocycles. The van der Waals surface area contributed by atoms with E-state index >= 15 is 0 Å². The van der Waals surface area contributed by atoms with Crippen molar-refractivity contribution >= 4 is 17.4 Å². The van der Waals surface area contributed by atoms with Crippen LogP contribution < -0.4 is 15.8 Å². The Morgan fingerprint density at radius 2 is 1.80 bits per heavy atom. The topological polar surface area (TPSA) is 115 Å². The third-order valence-electron chi connectivity index (χ3n) is 7.35. The van der Waals surface area contributed by atoms with Crippen LogP contribution >= 0.6 is 0 Å². The van der Waals surface area contributed by atoms with E-state index in [9.17, 15) is 22.0 Å². The molecule has 0 bridgehead atoms. The van der Waals surface area contributed by atoms with Gasteiger partial charge < -0.3 is 25.5 Å². The lowest BCUT2D eigenvalue weighted by Crippen LogP contribution is -2.46. The Kier molecular flexibility index (Phi) is 12.0. The van der Waals surface area contributed by atoms with Crippen LogP contribution in [0.5, 0.6) is 5.75 Å². The molecule has 13 heteroatoms. The third kappa shape index (κ3) is 7.31. The monoisotopic (exact) mass is 587 g/mol. The van der Waals surface area contributed by atoms with Crippen LogP contribution in [0.25, 0.3) is 11.0 Å². The number of ether oxygens (including phenoxy) is 2. The number of pyridine rings is 1. The number of nitrogens with two attached hydrogens (primary N) is 1. The number of rotatable bonds is 3. The fraction of sp³-hybridized carbons (Fsp3) is 0.536. The van der Waals surface area contributed by atoms with E-state index in [1.807, 2.05) is 26.1 Å². The van der Waals surface area contributed by atoms with Crippen LogP contribution in [0, 0.1) is 17.6 Å². The highest BCUT2D eigenvalue weighted by Gasteiger charge is 2.61. The first-order valence-electron chi connectivity index (χ1n) is 13.3. The van der Waals surface area contributed by atoms with Gasteiger partial charge in [0.1, 0.15) is 5.52 Å². The first-order chi connectivity index (χ1) is 19.4. The molecule has 4 unspecified atom stereocenters. The summed E-state index contributed by atoms with van der Waals surface area (Å²) in [4.78, 5) is 20.5. The van der Waals surface area contributed by atoms with Crippen molar-refractivity contribution in [3.63, 3.8) is 0 Å². The SMILES string of the molecule is CC.CC1CCC(c2nccc3[nH]cnc23)N1.COc1c(C2CO[C@@](C)(C(F)(F)F)C2C)ccc(F)c1F.NC=O. The van der Waals surface area contributed by atoms with Gasteiger partial charge >= 0.3 is 6.18 Å². The number of carbonyl (C=O) groups excluding carboxylic acids is 1. The third-order valence-corrected chi connectivity index (χ3v) is 7.35. The lowest BCUT2D eigenvalue weighted by atomic mass is 9.79. The number of hydrogen-bond donors (Lipinski definition) is 3. The van der Waals surface area contributed by atoms with Gasteiger partial charge in [0.15, 0.2) is 17.2 Å². The van der Waals surface area contributed by atoms with Crippen LogP contribution in [-0.4, -0.2) is 52.9 Å². The number of benzene rings is 1. The van der Waals surface area contributed by atoms with Gasteiger partial charge in [0.05, 0.1) is 37.3 Å². The van der Waals surface area contributed by atoms with Crippen molar-refractivity contribution in [1.29, 1.82) is 0 Å². The van der Waals surface area contributed by atoms with Crippen LogP contribution in [0.4, 0.5) is 22.0 Å². The Labute approximate surface area is 236 Å². The second-order valence-corrected chi connectivity index (χ2v) is 9.62. The van der Waals surface area contributed by atoms with E-state index in [0.717, 1.165) is 43.2 Å². The summed E-state index contributed by atoms with van der Waals surface area (Å²) in [6.07, 6.45) is 1.65. The van der Waals surface area contributed by atoms with Crippen molar-refractivity contribution in [2.75, 3.05) is 13.7 Å². The van der Waals surface area contributed by atoms with E-state index in [0.29, 0.717) is 12.1 Å². The number of alkyl halides is 3. The van der Waals surface area contributed by atoms with E-state index in [1.54, 1.807) is 6.33 Å². The van der Waals surface area contributed by atoms with Crippen molar-refractivity contribution in [3.8, 4) is 5.75 Å². The van der Waals surface area contributed by atoms with Gasteiger partial charge in [0, 0.05) is 29.6 Å². The molecule has 1 aromatic carbocycles. The minimum absolute atomic E-state index is 0.178. The number of aromatic nitrogens is 3. The number of methoxy groups -OCH3 is 1. The van der Waals surface area contributed by atoms with Gasteiger partial charge in [-0.1, -0.05) is 26.8 Å². The molecule has 41 heavy (non-hydrogen) atoms. The molecule has 1 amide bonds. The number of fused-ring (bicyclic) bond motifs is 1. The summed E-state index contributed by atoms with van der Waals surface area (Å²) in [5.41, 5.74) is 5.17. The highest BCUT2D eigenvalue weighted by molar-refractivity contribution is 5.76. The molecule has 228 valence electrons. The van der Waals surface area contributed by atoms with Gasteiger partial charge in [0.2, 0.25) is 12.2 Å². The fourth-order valence-corrected chi connectivity index (χ4v) is 4.95. The van der Waals surface area contributed by atoms with Gasteiger partial charge in [-0.3, -0.25) is 9.78 Å². The van der Waals surface area contributed by atoms with E-state index in [1.165, 1.54) is 19.4 Å². The smallest absolute Gasteiger partial charge is 0.417 e. The normalized spacial score (nSPS) is 25.2. The zero-order chi connectivity index (χ0) is 31.0. The van der Waals surface area contributed by atoms with Gasteiger partial charge in [-0.05, 0) is 38.8 Å². The molecule has 4 N–H and O–H groups in total. The van der Waals surface area contributed by atoms with Gasteiger partial charge in [-0.2, -0.15) is 17.6 Å². The number of carbonyl (C=O) groups is 1. The molecule has 0 aliphatic carbocycles. The van der Waals surface area contributed by atoms with Crippen molar-refractivity contribution in [2.24, 2.45) is 11.7 Å². The Bertz CT molecular complexity index is 1270. The molecule has 3 aromatic rings. The number of nitrogens with one attached hydrogen (secondary N) is 2. The number of halogens is 5. The molecular formula is C28H38F5N5O3. The maximum absolute atomic E-state index is 13.7. The first-order valence-corrected chi connectivity index (χ1v) is 13.3. The Morgan fingerprint density at radius 1 is 1.15 bits per heavy atom. The summed E-state index contributed by atoms with van der Waals surface area (Å²) in [6.45, 7) is 8.32. The van der Waals surface area contributed by atoms with Crippen molar-refractivity contribution < 1.29 is 36.2 Å². The number of imidazole rings is 1. The quantitative estimate of drug-likeness (QED) is 0.258. The number of H-pyrrole nitrogens is 1. The molecule has 8 nitrogen and oxygen atoms in total. The van der Waals surface area contributed by atoms with Crippen LogP contribution in [0.2, 0.25) is 0 Å². The molecule has 2 aliphatic heterocycles. The average molecular weight is 588 g/mol. The predicted molar refractivity (Wildman–Crippen MR) is 145 cm³/mol. The predicted octanol–water partition coefficient (Wildman–Crippen LogP) is 5.94. The molecular weight excluding hydrogens is 549 g/mol. The zero-order valence-electron chi connectivity index (χ0n) is 24.0. The maximum atomic E-state index is 13.7. The van der Waals surface area contributed by atoms with Gasteiger partial charge in [-0.15, -0.1) is 0 Å². The van der Waals surface area contributed by atoms with E-state index in [-0.39, 0.29) is 24.3 Å². The van der Waals surface area contributed by atoms with E-state index < -0.39 is 35.2 Å². The lowest BCUT2D eigenvalue weighted by Gasteiger charge is -2.32. The largest absolute Gasteiger partial charge is 0.493 e. The highest BCUT2D eigenvalue weighted by Crippen LogP contribution is 2.51. The number of primary amides is 1. The summed E-state index contributed by atoms with van der Waals surface area (Å²) in [7, 11) is 1.14. The summed E-state index contributed by atoms with van der Waals surface area (Å²) in [5.74, 6) is -4.39. The van der Waals surface area contributed by atoms with Crippen molar-refractivity contribution in [1.82, 2.24) is 20.3 Å².